The normalized spacial score (nSPS) is 27.2. The fraction of sp³-hybridized carbons (Fsp3) is 0.750. The third-order valence-corrected chi connectivity index (χ3v) is 4.54. The van der Waals surface area contributed by atoms with Gasteiger partial charge in [-0.15, -0.1) is 0 Å². The molecule has 0 aromatic carbocycles. The van der Waals surface area contributed by atoms with Gasteiger partial charge in [-0.2, -0.15) is 0 Å². The molecule has 0 aliphatic carbocycles. The van der Waals surface area contributed by atoms with E-state index < -0.39 is 9.84 Å². The lowest BCUT2D eigenvalue weighted by atomic mass is 10.1. The van der Waals surface area contributed by atoms with Crippen molar-refractivity contribution in [3.05, 3.63) is 12.2 Å². The molecule has 1 aliphatic rings. The Morgan fingerprint density at radius 1 is 1.58 bits per heavy atom. The van der Waals surface area contributed by atoms with E-state index in [-0.39, 0.29) is 5.25 Å². The van der Waals surface area contributed by atoms with Gasteiger partial charge in [-0.1, -0.05) is 12.2 Å². The summed E-state index contributed by atoms with van der Waals surface area (Å²) < 4.78 is 22.8. The van der Waals surface area contributed by atoms with Crippen LogP contribution in [0.4, 0.5) is 0 Å². The second kappa shape index (κ2) is 3.58. The Hall–Kier alpha value is -0.350. The van der Waals surface area contributed by atoms with Crippen molar-refractivity contribution in [1.82, 2.24) is 0 Å². The minimum absolute atomic E-state index is 0.305. The molecule has 1 saturated heterocycles. The van der Waals surface area contributed by atoms with Crippen LogP contribution in [0.25, 0.3) is 0 Å². The van der Waals surface area contributed by atoms with E-state index >= 15 is 0 Å². The quantitative estimate of drug-likeness (QED) is 0.656. The van der Waals surface area contributed by atoms with Gasteiger partial charge in [0.2, 0.25) is 0 Å². The van der Waals surface area contributed by atoms with Crippen LogP contribution in [-0.4, -0.2) is 26.0 Å². The summed E-state index contributed by atoms with van der Waals surface area (Å²) in [6, 6.07) is 0. The van der Waals surface area contributed by atoms with Crippen molar-refractivity contribution in [2.75, 3.05) is 12.3 Å². The van der Waals surface area contributed by atoms with Crippen molar-refractivity contribution in [2.45, 2.75) is 24.5 Å². The molecule has 4 heteroatoms. The molecule has 1 aliphatic heterocycles. The predicted molar refractivity (Wildman–Crippen MR) is 49.6 cm³/mol. The zero-order valence-electron chi connectivity index (χ0n) is 7.12. The van der Waals surface area contributed by atoms with Gasteiger partial charge < -0.3 is 5.73 Å². The molecule has 70 valence electrons. The summed E-state index contributed by atoms with van der Waals surface area (Å²) in [4.78, 5) is 0. The molecule has 2 N–H and O–H groups in total. The predicted octanol–water partition coefficient (Wildman–Crippen LogP) is 0.469. The Bertz CT molecular complexity index is 269. The molecule has 1 rings (SSSR count). The largest absolute Gasteiger partial charge is 0.330 e. The number of sulfone groups is 1. The van der Waals surface area contributed by atoms with Gasteiger partial charge in [0.05, 0.1) is 11.0 Å². The molecule has 0 radical (unpaired) electrons. The fourth-order valence-corrected chi connectivity index (χ4v) is 3.60. The molecular weight excluding hydrogens is 174 g/mol. The molecule has 0 aromatic heterocycles. The van der Waals surface area contributed by atoms with Crippen LogP contribution >= 0.6 is 0 Å². The zero-order chi connectivity index (χ0) is 9.19. The van der Waals surface area contributed by atoms with Crippen LogP contribution in [0.2, 0.25) is 0 Å². The van der Waals surface area contributed by atoms with Crippen molar-refractivity contribution >= 4 is 9.84 Å². The standard InChI is InChI=1S/C8H15NO2S/c1-7(4-5-9)8-3-2-6-12(8,10)11/h8H,1-6,9H2. The lowest BCUT2D eigenvalue weighted by Crippen LogP contribution is -2.19. The summed E-state index contributed by atoms with van der Waals surface area (Å²) in [7, 11) is -2.86. The maximum Gasteiger partial charge on any atom is 0.156 e. The first-order chi connectivity index (χ1) is 5.58. The summed E-state index contributed by atoms with van der Waals surface area (Å²) in [6.45, 7) is 4.25. The average molecular weight is 189 g/mol. The highest BCUT2D eigenvalue weighted by Crippen LogP contribution is 2.26. The topological polar surface area (TPSA) is 60.2 Å². The second-order valence-corrected chi connectivity index (χ2v) is 5.50. The van der Waals surface area contributed by atoms with E-state index in [1.165, 1.54) is 0 Å². The summed E-state index contributed by atoms with van der Waals surface area (Å²) in [5, 5.41) is -0.305. The highest BCUT2D eigenvalue weighted by Gasteiger charge is 2.32. The molecule has 0 spiro atoms. The Kier molecular flexibility index (Phi) is 2.90. The average Bonchev–Trinajstić information content (AvgIpc) is 2.30. The third-order valence-electron chi connectivity index (χ3n) is 2.25. The maximum atomic E-state index is 11.4. The van der Waals surface area contributed by atoms with Crippen molar-refractivity contribution in [2.24, 2.45) is 5.73 Å². The summed E-state index contributed by atoms with van der Waals surface area (Å²) in [5.41, 5.74) is 6.12. The summed E-state index contributed by atoms with van der Waals surface area (Å²) in [5.74, 6) is 0.321. The van der Waals surface area contributed by atoms with Crippen molar-refractivity contribution in [3.8, 4) is 0 Å². The van der Waals surface area contributed by atoms with Gasteiger partial charge in [0, 0.05) is 0 Å². The molecule has 1 unspecified atom stereocenters. The molecule has 0 bridgehead atoms. The van der Waals surface area contributed by atoms with E-state index in [1.807, 2.05) is 0 Å². The number of hydrogen-bond acceptors (Lipinski definition) is 3. The van der Waals surface area contributed by atoms with Gasteiger partial charge in [0.15, 0.2) is 9.84 Å². The van der Waals surface area contributed by atoms with E-state index in [9.17, 15) is 8.42 Å². The number of rotatable bonds is 3. The molecular formula is C8H15NO2S. The van der Waals surface area contributed by atoms with E-state index in [2.05, 4.69) is 6.58 Å². The second-order valence-electron chi connectivity index (χ2n) is 3.19. The first-order valence-corrected chi connectivity index (χ1v) is 5.89. The van der Waals surface area contributed by atoms with Crippen LogP contribution in [0, 0.1) is 0 Å². The Labute approximate surface area is 73.6 Å². The van der Waals surface area contributed by atoms with Crippen LogP contribution in [0.3, 0.4) is 0 Å². The van der Waals surface area contributed by atoms with Gasteiger partial charge >= 0.3 is 0 Å². The highest BCUT2D eigenvalue weighted by atomic mass is 32.2. The molecule has 1 heterocycles. The zero-order valence-corrected chi connectivity index (χ0v) is 7.94. The molecule has 0 saturated carbocycles. The molecule has 12 heavy (non-hydrogen) atoms. The van der Waals surface area contributed by atoms with Crippen LogP contribution in [0.1, 0.15) is 19.3 Å². The molecule has 0 aromatic rings. The molecule has 3 nitrogen and oxygen atoms in total. The smallest absolute Gasteiger partial charge is 0.156 e. The van der Waals surface area contributed by atoms with E-state index in [1.54, 1.807) is 0 Å². The van der Waals surface area contributed by atoms with Gasteiger partial charge in [0.1, 0.15) is 0 Å². The third kappa shape index (κ3) is 1.87. The molecule has 0 amide bonds. The van der Waals surface area contributed by atoms with Crippen LogP contribution in [0.15, 0.2) is 12.2 Å². The van der Waals surface area contributed by atoms with E-state index in [0.29, 0.717) is 18.7 Å². The maximum absolute atomic E-state index is 11.4. The van der Waals surface area contributed by atoms with Gasteiger partial charge in [0.25, 0.3) is 0 Å². The summed E-state index contributed by atoms with van der Waals surface area (Å²) in [6.07, 6.45) is 2.14. The molecule has 1 atom stereocenters. The van der Waals surface area contributed by atoms with Crippen LogP contribution in [0.5, 0.6) is 0 Å². The first-order valence-electron chi connectivity index (χ1n) is 4.17. The van der Waals surface area contributed by atoms with Crippen molar-refractivity contribution < 1.29 is 8.42 Å². The van der Waals surface area contributed by atoms with Crippen LogP contribution < -0.4 is 5.73 Å². The SMILES string of the molecule is C=C(CCN)C1CCCS1(=O)=O. The Morgan fingerprint density at radius 2 is 2.25 bits per heavy atom. The number of hydrogen-bond donors (Lipinski definition) is 1. The molecule has 1 fully saturated rings. The number of nitrogens with two attached hydrogens (primary N) is 1. The van der Waals surface area contributed by atoms with E-state index in [0.717, 1.165) is 18.4 Å². The van der Waals surface area contributed by atoms with Crippen LogP contribution in [-0.2, 0) is 9.84 Å². The monoisotopic (exact) mass is 189 g/mol. The van der Waals surface area contributed by atoms with Gasteiger partial charge in [-0.3, -0.25) is 0 Å². The first kappa shape index (κ1) is 9.74. The lowest BCUT2D eigenvalue weighted by molar-refractivity contribution is 0.594. The van der Waals surface area contributed by atoms with Gasteiger partial charge in [-0.25, -0.2) is 8.42 Å². The summed E-state index contributed by atoms with van der Waals surface area (Å²) >= 11 is 0. The van der Waals surface area contributed by atoms with Gasteiger partial charge in [-0.05, 0) is 25.8 Å². The Morgan fingerprint density at radius 3 is 2.67 bits per heavy atom. The Balaban J connectivity index is 2.69. The fourth-order valence-electron chi connectivity index (χ4n) is 1.60. The van der Waals surface area contributed by atoms with Crippen molar-refractivity contribution in [3.63, 3.8) is 0 Å². The lowest BCUT2D eigenvalue weighted by Gasteiger charge is -2.11. The van der Waals surface area contributed by atoms with E-state index in [4.69, 9.17) is 5.73 Å². The minimum atomic E-state index is -2.86. The minimum Gasteiger partial charge on any atom is -0.330 e. The highest BCUT2D eigenvalue weighted by molar-refractivity contribution is 7.92. The van der Waals surface area contributed by atoms with Crippen molar-refractivity contribution in [1.29, 1.82) is 0 Å².